The Balaban J connectivity index is 1.95. The number of halogens is 1. The van der Waals surface area contributed by atoms with Crippen molar-refractivity contribution < 1.29 is 13.9 Å². The first kappa shape index (κ1) is 20.7. The Labute approximate surface area is 181 Å². The molecule has 4 rings (SSSR count). The van der Waals surface area contributed by atoms with Gasteiger partial charge in [-0.15, -0.1) is 0 Å². The first-order valence-corrected chi connectivity index (χ1v) is 10.4. The van der Waals surface area contributed by atoms with Crippen LogP contribution in [0.5, 0.6) is 0 Å². The van der Waals surface area contributed by atoms with Gasteiger partial charge in [0.25, 0.3) is 5.56 Å². The number of benzene rings is 2. The zero-order valence-corrected chi connectivity index (χ0v) is 17.6. The SMILES string of the molecule is C=CCOC(=O)C1=C(C)N=c2s/c(=C\c3ccccc3F)c(=O)n2[C@H]1c1ccccc1. The van der Waals surface area contributed by atoms with E-state index in [-0.39, 0.29) is 17.7 Å². The number of thiazole rings is 1. The topological polar surface area (TPSA) is 60.7 Å². The largest absolute Gasteiger partial charge is 0.458 e. The van der Waals surface area contributed by atoms with Gasteiger partial charge in [-0.25, -0.2) is 14.2 Å². The van der Waals surface area contributed by atoms with Crippen LogP contribution >= 0.6 is 11.3 Å². The van der Waals surface area contributed by atoms with E-state index in [1.807, 2.05) is 30.3 Å². The minimum Gasteiger partial charge on any atom is -0.458 e. The summed E-state index contributed by atoms with van der Waals surface area (Å²) >= 11 is 1.16. The van der Waals surface area contributed by atoms with Crippen LogP contribution in [-0.2, 0) is 9.53 Å². The highest BCUT2D eigenvalue weighted by Gasteiger charge is 2.33. The van der Waals surface area contributed by atoms with Gasteiger partial charge in [0.2, 0.25) is 0 Å². The molecule has 156 valence electrons. The van der Waals surface area contributed by atoms with Gasteiger partial charge in [0, 0.05) is 5.56 Å². The van der Waals surface area contributed by atoms with Gasteiger partial charge in [-0.1, -0.05) is 72.5 Å². The molecule has 1 aliphatic rings. The molecule has 0 N–H and O–H groups in total. The molecular formula is C24H19FN2O3S. The van der Waals surface area contributed by atoms with E-state index in [9.17, 15) is 14.0 Å². The van der Waals surface area contributed by atoms with Gasteiger partial charge in [0.1, 0.15) is 12.4 Å². The predicted molar refractivity (Wildman–Crippen MR) is 118 cm³/mol. The summed E-state index contributed by atoms with van der Waals surface area (Å²) < 4.78 is 21.2. The standard InChI is InChI=1S/C24H19FN2O3S/c1-3-13-30-23(29)20-15(2)26-24-27(21(20)16-9-5-4-6-10-16)22(28)19(31-24)14-17-11-7-8-12-18(17)25/h3-12,14,21H,1,13H2,2H3/b19-14-/t21-/m0/s1. The van der Waals surface area contributed by atoms with Crippen LogP contribution in [0, 0.1) is 5.82 Å². The summed E-state index contributed by atoms with van der Waals surface area (Å²) in [5, 5.41) is 0. The maximum absolute atomic E-state index is 14.1. The third kappa shape index (κ3) is 3.92. The molecule has 2 aromatic carbocycles. The Bertz CT molecular complexity index is 1370. The van der Waals surface area contributed by atoms with Crippen molar-refractivity contribution in [1.29, 1.82) is 0 Å². The van der Waals surface area contributed by atoms with E-state index >= 15 is 0 Å². The summed E-state index contributed by atoms with van der Waals surface area (Å²) in [7, 11) is 0. The van der Waals surface area contributed by atoms with E-state index in [4.69, 9.17) is 4.74 Å². The van der Waals surface area contributed by atoms with Gasteiger partial charge in [-0.2, -0.15) is 0 Å². The van der Waals surface area contributed by atoms with E-state index in [0.717, 1.165) is 16.9 Å². The fraction of sp³-hybridized carbons (Fsp3) is 0.125. The second-order valence-electron chi connectivity index (χ2n) is 6.90. The summed E-state index contributed by atoms with van der Waals surface area (Å²) in [4.78, 5) is 31.2. The molecule has 7 heteroatoms. The van der Waals surface area contributed by atoms with Crippen LogP contribution in [-0.4, -0.2) is 17.1 Å². The summed E-state index contributed by atoms with van der Waals surface area (Å²) in [5.41, 5.74) is 1.48. The molecule has 0 aliphatic carbocycles. The van der Waals surface area contributed by atoms with Crippen LogP contribution in [0.4, 0.5) is 4.39 Å². The number of carbonyl (C=O) groups excluding carboxylic acids is 1. The van der Waals surface area contributed by atoms with Crippen molar-refractivity contribution in [2.24, 2.45) is 4.99 Å². The van der Waals surface area contributed by atoms with Crippen molar-refractivity contribution in [3.63, 3.8) is 0 Å². The molecule has 5 nitrogen and oxygen atoms in total. The molecule has 1 atom stereocenters. The van der Waals surface area contributed by atoms with Crippen molar-refractivity contribution in [3.05, 3.63) is 115 Å². The number of rotatable bonds is 5. The molecule has 0 unspecified atom stereocenters. The average molecular weight is 434 g/mol. The lowest BCUT2D eigenvalue weighted by Gasteiger charge is -2.24. The Morgan fingerprint density at radius 2 is 1.94 bits per heavy atom. The van der Waals surface area contributed by atoms with Crippen molar-refractivity contribution in [2.45, 2.75) is 13.0 Å². The Kier molecular flexibility index (Phi) is 5.77. The molecule has 31 heavy (non-hydrogen) atoms. The van der Waals surface area contributed by atoms with Crippen LogP contribution in [0.1, 0.15) is 24.1 Å². The minimum atomic E-state index is -0.697. The number of ether oxygens (including phenoxy) is 1. The van der Waals surface area contributed by atoms with Crippen LogP contribution in [0.15, 0.2) is 88.3 Å². The first-order valence-electron chi connectivity index (χ1n) is 9.61. The van der Waals surface area contributed by atoms with Gasteiger partial charge < -0.3 is 4.74 Å². The Morgan fingerprint density at radius 1 is 1.23 bits per heavy atom. The molecular weight excluding hydrogens is 415 g/mol. The second-order valence-corrected chi connectivity index (χ2v) is 7.91. The smallest absolute Gasteiger partial charge is 0.338 e. The zero-order valence-electron chi connectivity index (χ0n) is 16.7. The predicted octanol–water partition coefficient (Wildman–Crippen LogP) is 3.10. The van der Waals surface area contributed by atoms with Crippen molar-refractivity contribution in [3.8, 4) is 0 Å². The van der Waals surface area contributed by atoms with Crippen LogP contribution < -0.4 is 14.9 Å². The molecule has 0 saturated carbocycles. The molecule has 0 spiro atoms. The molecule has 0 fully saturated rings. The number of esters is 1. The number of hydrogen-bond donors (Lipinski definition) is 0. The number of aromatic nitrogens is 1. The highest BCUT2D eigenvalue weighted by Crippen LogP contribution is 2.30. The first-order chi connectivity index (χ1) is 15.0. The molecule has 0 saturated heterocycles. The highest BCUT2D eigenvalue weighted by atomic mass is 32.1. The van der Waals surface area contributed by atoms with Crippen molar-refractivity contribution >= 4 is 23.4 Å². The lowest BCUT2D eigenvalue weighted by molar-refractivity contribution is -0.138. The van der Waals surface area contributed by atoms with Gasteiger partial charge in [-0.3, -0.25) is 9.36 Å². The monoisotopic (exact) mass is 434 g/mol. The normalized spacial score (nSPS) is 15.9. The van der Waals surface area contributed by atoms with E-state index in [2.05, 4.69) is 11.6 Å². The van der Waals surface area contributed by atoms with Gasteiger partial charge >= 0.3 is 5.97 Å². The molecule has 3 aromatic rings. The number of nitrogens with zero attached hydrogens (tertiary/aromatic N) is 2. The van der Waals surface area contributed by atoms with Gasteiger partial charge in [0.15, 0.2) is 4.80 Å². The fourth-order valence-corrected chi connectivity index (χ4v) is 4.52. The minimum absolute atomic E-state index is 0.0504. The number of hydrogen-bond acceptors (Lipinski definition) is 5. The fourth-order valence-electron chi connectivity index (χ4n) is 3.48. The van der Waals surface area contributed by atoms with E-state index in [1.54, 1.807) is 25.1 Å². The van der Waals surface area contributed by atoms with Gasteiger partial charge in [0.05, 0.1) is 21.8 Å². The molecule has 1 aromatic heterocycles. The lowest BCUT2D eigenvalue weighted by Crippen LogP contribution is -2.39. The van der Waals surface area contributed by atoms with Crippen molar-refractivity contribution in [1.82, 2.24) is 4.57 Å². The Hall–Kier alpha value is -3.58. The van der Waals surface area contributed by atoms with Crippen LogP contribution in [0.3, 0.4) is 0 Å². The summed E-state index contributed by atoms with van der Waals surface area (Å²) in [6, 6.07) is 14.8. The Morgan fingerprint density at radius 3 is 2.65 bits per heavy atom. The van der Waals surface area contributed by atoms with Crippen molar-refractivity contribution in [2.75, 3.05) is 6.61 Å². The average Bonchev–Trinajstić information content (AvgIpc) is 3.08. The summed E-state index contributed by atoms with van der Waals surface area (Å²) in [6.45, 7) is 5.34. The number of fused-ring (bicyclic) bond motifs is 1. The summed E-state index contributed by atoms with van der Waals surface area (Å²) in [6.07, 6.45) is 2.99. The second kappa shape index (κ2) is 8.65. The number of carbonyl (C=O) groups is 1. The van der Waals surface area contributed by atoms with E-state index in [0.29, 0.717) is 20.6 Å². The molecule has 0 amide bonds. The quantitative estimate of drug-likeness (QED) is 0.458. The molecule has 1 aliphatic heterocycles. The molecule has 0 bridgehead atoms. The summed E-state index contributed by atoms with van der Waals surface area (Å²) in [5.74, 6) is -0.976. The molecule has 0 radical (unpaired) electrons. The maximum atomic E-state index is 14.1. The van der Waals surface area contributed by atoms with E-state index < -0.39 is 17.8 Å². The third-order valence-electron chi connectivity index (χ3n) is 4.88. The zero-order chi connectivity index (χ0) is 22.0. The third-order valence-corrected chi connectivity index (χ3v) is 5.86. The van der Waals surface area contributed by atoms with Crippen LogP contribution in [0.25, 0.3) is 6.08 Å². The van der Waals surface area contributed by atoms with Crippen LogP contribution in [0.2, 0.25) is 0 Å². The maximum Gasteiger partial charge on any atom is 0.338 e. The van der Waals surface area contributed by atoms with Gasteiger partial charge in [-0.05, 0) is 24.6 Å². The number of allylic oxidation sites excluding steroid dienone is 1. The lowest BCUT2D eigenvalue weighted by atomic mass is 9.96. The molecule has 2 heterocycles. The highest BCUT2D eigenvalue weighted by molar-refractivity contribution is 7.07. The van der Waals surface area contributed by atoms with E-state index in [1.165, 1.54) is 22.8 Å².